The number of hydrogen-bond donors (Lipinski definition) is 1. The molecule has 1 aromatic heterocycles. The highest BCUT2D eigenvalue weighted by Gasteiger charge is 2.26. The van der Waals surface area contributed by atoms with E-state index in [1.807, 2.05) is 13.8 Å². The van der Waals surface area contributed by atoms with Crippen molar-refractivity contribution in [3.63, 3.8) is 0 Å². The van der Waals surface area contributed by atoms with Crippen LogP contribution in [-0.4, -0.2) is 23.4 Å². The minimum atomic E-state index is -0.125. The van der Waals surface area contributed by atoms with Crippen molar-refractivity contribution in [3.05, 3.63) is 11.7 Å². The van der Waals surface area contributed by atoms with Gasteiger partial charge in [0.15, 0.2) is 5.82 Å². The van der Waals surface area contributed by atoms with Crippen LogP contribution in [0, 0.1) is 5.92 Å². The largest absolute Gasteiger partial charge is 0.381 e. The summed E-state index contributed by atoms with van der Waals surface area (Å²) in [4.78, 5) is 4.34. The molecule has 1 fully saturated rings. The average Bonchev–Trinajstić information content (AvgIpc) is 2.78. The van der Waals surface area contributed by atoms with Gasteiger partial charge in [-0.3, -0.25) is 0 Å². The van der Waals surface area contributed by atoms with Crippen LogP contribution in [0.4, 0.5) is 0 Å². The third-order valence-electron chi connectivity index (χ3n) is 3.02. The van der Waals surface area contributed by atoms with E-state index in [1.165, 1.54) is 0 Å². The molecule has 1 atom stereocenters. The Morgan fingerprint density at radius 3 is 2.56 bits per heavy atom. The van der Waals surface area contributed by atoms with E-state index in [-0.39, 0.29) is 12.0 Å². The fourth-order valence-electron chi connectivity index (χ4n) is 1.90. The van der Waals surface area contributed by atoms with Crippen LogP contribution in [0.3, 0.4) is 0 Å². The molecule has 2 N–H and O–H groups in total. The summed E-state index contributed by atoms with van der Waals surface area (Å²) in [6, 6.07) is -0.125. The summed E-state index contributed by atoms with van der Waals surface area (Å²) in [7, 11) is 0. The van der Waals surface area contributed by atoms with Crippen molar-refractivity contribution in [3.8, 4) is 0 Å². The molecule has 1 aromatic rings. The van der Waals surface area contributed by atoms with Crippen molar-refractivity contribution in [2.24, 2.45) is 11.7 Å². The molecule has 0 radical (unpaired) electrons. The maximum atomic E-state index is 6.14. The molecular weight excluding hydrogens is 206 g/mol. The topological polar surface area (TPSA) is 74.2 Å². The molecule has 1 unspecified atom stereocenters. The highest BCUT2D eigenvalue weighted by atomic mass is 16.5. The molecule has 0 aromatic carbocycles. The predicted octanol–water partition coefficient (Wildman–Crippen LogP) is 1.62. The van der Waals surface area contributed by atoms with Gasteiger partial charge in [-0.1, -0.05) is 19.0 Å². The van der Waals surface area contributed by atoms with Gasteiger partial charge in [0.1, 0.15) is 0 Å². The monoisotopic (exact) mass is 225 g/mol. The number of rotatable bonds is 3. The van der Waals surface area contributed by atoms with Crippen LogP contribution in [0.15, 0.2) is 4.52 Å². The SMILES string of the molecule is CC(C)c1nc(C(N)C2CCOCC2)no1. The van der Waals surface area contributed by atoms with Gasteiger partial charge in [0, 0.05) is 19.1 Å². The first-order valence-corrected chi connectivity index (χ1v) is 5.85. The Balaban J connectivity index is 2.04. The second kappa shape index (κ2) is 4.93. The van der Waals surface area contributed by atoms with Crippen LogP contribution in [-0.2, 0) is 4.74 Å². The lowest BCUT2D eigenvalue weighted by Gasteiger charge is -2.25. The van der Waals surface area contributed by atoms with Crippen LogP contribution in [0.2, 0.25) is 0 Å². The fourth-order valence-corrected chi connectivity index (χ4v) is 1.90. The summed E-state index contributed by atoms with van der Waals surface area (Å²) >= 11 is 0. The van der Waals surface area contributed by atoms with E-state index in [2.05, 4.69) is 10.1 Å². The lowest BCUT2D eigenvalue weighted by molar-refractivity contribution is 0.0572. The molecular formula is C11H19N3O2. The van der Waals surface area contributed by atoms with Crippen LogP contribution in [0.1, 0.15) is 50.4 Å². The summed E-state index contributed by atoms with van der Waals surface area (Å²) in [5.74, 6) is 1.96. The third-order valence-corrected chi connectivity index (χ3v) is 3.02. The van der Waals surface area contributed by atoms with E-state index in [0.29, 0.717) is 17.6 Å². The second-order valence-electron chi connectivity index (χ2n) is 4.62. The smallest absolute Gasteiger partial charge is 0.229 e. The predicted molar refractivity (Wildman–Crippen MR) is 58.9 cm³/mol. The summed E-state index contributed by atoms with van der Waals surface area (Å²) in [6.07, 6.45) is 1.96. The molecule has 5 heteroatoms. The van der Waals surface area contributed by atoms with Crippen molar-refractivity contribution in [1.82, 2.24) is 10.1 Å². The van der Waals surface area contributed by atoms with E-state index in [0.717, 1.165) is 26.1 Å². The Morgan fingerprint density at radius 2 is 2.00 bits per heavy atom. The number of nitrogens with two attached hydrogens (primary N) is 1. The molecule has 1 aliphatic rings. The van der Waals surface area contributed by atoms with E-state index in [9.17, 15) is 0 Å². The molecule has 0 amide bonds. The molecule has 2 heterocycles. The Bertz CT molecular complexity index is 332. The fraction of sp³-hybridized carbons (Fsp3) is 0.818. The quantitative estimate of drug-likeness (QED) is 0.846. The zero-order valence-electron chi connectivity index (χ0n) is 9.85. The Labute approximate surface area is 95.3 Å². The zero-order chi connectivity index (χ0) is 11.5. The summed E-state index contributed by atoms with van der Waals surface area (Å²) < 4.78 is 10.5. The number of nitrogens with zero attached hydrogens (tertiary/aromatic N) is 2. The molecule has 90 valence electrons. The van der Waals surface area contributed by atoms with Gasteiger partial charge < -0.3 is 15.0 Å². The Morgan fingerprint density at radius 1 is 1.31 bits per heavy atom. The average molecular weight is 225 g/mol. The zero-order valence-corrected chi connectivity index (χ0v) is 9.85. The summed E-state index contributed by atoms with van der Waals surface area (Å²) in [5, 5.41) is 3.96. The Hall–Kier alpha value is -0.940. The van der Waals surface area contributed by atoms with Gasteiger partial charge in [-0.25, -0.2) is 0 Å². The molecule has 1 aliphatic heterocycles. The highest BCUT2D eigenvalue weighted by Crippen LogP contribution is 2.27. The lowest BCUT2D eigenvalue weighted by Crippen LogP contribution is -2.28. The van der Waals surface area contributed by atoms with Gasteiger partial charge in [0.05, 0.1) is 6.04 Å². The maximum absolute atomic E-state index is 6.14. The minimum absolute atomic E-state index is 0.125. The minimum Gasteiger partial charge on any atom is -0.381 e. The van der Waals surface area contributed by atoms with Gasteiger partial charge >= 0.3 is 0 Å². The van der Waals surface area contributed by atoms with Gasteiger partial charge in [0.25, 0.3) is 0 Å². The van der Waals surface area contributed by atoms with E-state index >= 15 is 0 Å². The summed E-state index contributed by atoms with van der Waals surface area (Å²) in [5.41, 5.74) is 6.14. The van der Waals surface area contributed by atoms with Crippen LogP contribution < -0.4 is 5.73 Å². The Kier molecular flexibility index (Phi) is 3.56. The molecule has 1 saturated heterocycles. The highest BCUT2D eigenvalue weighted by molar-refractivity contribution is 4.98. The molecule has 0 aliphatic carbocycles. The number of hydrogen-bond acceptors (Lipinski definition) is 5. The maximum Gasteiger partial charge on any atom is 0.229 e. The summed E-state index contributed by atoms with van der Waals surface area (Å²) in [6.45, 7) is 5.62. The molecule has 0 spiro atoms. The van der Waals surface area contributed by atoms with Crippen LogP contribution >= 0.6 is 0 Å². The first-order valence-electron chi connectivity index (χ1n) is 5.85. The molecule has 16 heavy (non-hydrogen) atoms. The number of aromatic nitrogens is 2. The van der Waals surface area contributed by atoms with E-state index in [1.54, 1.807) is 0 Å². The van der Waals surface area contributed by atoms with Crippen molar-refractivity contribution in [1.29, 1.82) is 0 Å². The lowest BCUT2D eigenvalue weighted by atomic mass is 9.92. The van der Waals surface area contributed by atoms with E-state index in [4.69, 9.17) is 15.0 Å². The van der Waals surface area contributed by atoms with Gasteiger partial charge in [-0.15, -0.1) is 0 Å². The van der Waals surface area contributed by atoms with Crippen molar-refractivity contribution in [2.45, 2.75) is 38.6 Å². The van der Waals surface area contributed by atoms with Crippen molar-refractivity contribution in [2.75, 3.05) is 13.2 Å². The van der Waals surface area contributed by atoms with Crippen molar-refractivity contribution >= 4 is 0 Å². The van der Waals surface area contributed by atoms with Gasteiger partial charge in [-0.2, -0.15) is 4.98 Å². The molecule has 0 bridgehead atoms. The molecule has 0 saturated carbocycles. The third kappa shape index (κ3) is 2.41. The number of ether oxygens (including phenoxy) is 1. The van der Waals surface area contributed by atoms with E-state index < -0.39 is 0 Å². The van der Waals surface area contributed by atoms with Gasteiger partial charge in [0.2, 0.25) is 5.89 Å². The van der Waals surface area contributed by atoms with Crippen LogP contribution in [0.5, 0.6) is 0 Å². The normalized spacial score (nSPS) is 20.2. The van der Waals surface area contributed by atoms with Crippen molar-refractivity contribution < 1.29 is 9.26 Å². The molecule has 5 nitrogen and oxygen atoms in total. The first-order chi connectivity index (χ1) is 7.68. The first kappa shape index (κ1) is 11.5. The molecule has 2 rings (SSSR count). The second-order valence-corrected chi connectivity index (χ2v) is 4.62. The van der Waals surface area contributed by atoms with Crippen LogP contribution in [0.25, 0.3) is 0 Å². The standard InChI is InChI=1S/C11H19N3O2/c1-7(2)11-13-10(14-16-11)9(12)8-3-5-15-6-4-8/h7-9H,3-6,12H2,1-2H3. The van der Waals surface area contributed by atoms with Gasteiger partial charge in [-0.05, 0) is 18.8 Å².